The molecular weight excluding hydrogens is 268 g/mol. The Morgan fingerprint density at radius 2 is 2.50 bits per heavy atom. The van der Waals surface area contributed by atoms with Crippen LogP contribution in [0.4, 0.5) is 5.95 Å². The van der Waals surface area contributed by atoms with Gasteiger partial charge in [0.1, 0.15) is 0 Å². The van der Waals surface area contributed by atoms with Crippen molar-refractivity contribution in [2.45, 2.75) is 25.8 Å². The van der Waals surface area contributed by atoms with Crippen molar-refractivity contribution >= 4 is 27.5 Å². The molecule has 1 aliphatic carbocycles. The Kier molecular flexibility index (Phi) is 2.35. The summed E-state index contributed by atoms with van der Waals surface area (Å²) in [6.45, 7) is 2.22. The number of nitrogens with zero attached hydrogens (tertiary/aromatic N) is 3. The number of hydrogen-bond donors (Lipinski definition) is 1. The summed E-state index contributed by atoms with van der Waals surface area (Å²) in [5.41, 5.74) is 0.860. The molecule has 1 aliphatic rings. The van der Waals surface area contributed by atoms with Gasteiger partial charge in [0.15, 0.2) is 5.65 Å². The standard InChI is InChI=1S/C11H13BrN4/c1-2-7-6-9(7)13-11-14-10-8(12)4-3-5-16(10)15-11/h3-5,7,9H,2,6H2,1H3,(H,13,15). The molecule has 4 nitrogen and oxygen atoms in total. The lowest BCUT2D eigenvalue weighted by Gasteiger charge is -1.97. The summed E-state index contributed by atoms with van der Waals surface area (Å²) in [6, 6.07) is 4.49. The highest BCUT2D eigenvalue weighted by Gasteiger charge is 2.35. The van der Waals surface area contributed by atoms with Gasteiger partial charge in [-0.25, -0.2) is 4.52 Å². The molecular formula is C11H13BrN4. The zero-order chi connectivity index (χ0) is 11.1. The molecule has 0 radical (unpaired) electrons. The number of aromatic nitrogens is 3. The maximum Gasteiger partial charge on any atom is 0.243 e. The third kappa shape index (κ3) is 1.69. The van der Waals surface area contributed by atoms with Crippen molar-refractivity contribution in [3.05, 3.63) is 22.8 Å². The SMILES string of the molecule is CCC1CC1Nc1nc2c(Br)cccn2n1. The van der Waals surface area contributed by atoms with Crippen LogP contribution in [0.5, 0.6) is 0 Å². The van der Waals surface area contributed by atoms with Crippen LogP contribution in [0.2, 0.25) is 0 Å². The molecule has 1 N–H and O–H groups in total. The molecule has 2 aromatic rings. The third-order valence-corrected chi connectivity index (χ3v) is 3.70. The second-order valence-electron chi connectivity index (χ2n) is 4.21. The van der Waals surface area contributed by atoms with Crippen LogP contribution < -0.4 is 5.32 Å². The van der Waals surface area contributed by atoms with E-state index in [1.54, 1.807) is 4.52 Å². The maximum atomic E-state index is 4.46. The first kappa shape index (κ1) is 10.1. The Bertz CT molecular complexity index is 522. The lowest BCUT2D eigenvalue weighted by Crippen LogP contribution is -2.05. The molecule has 84 valence electrons. The molecule has 3 rings (SSSR count). The molecule has 2 aromatic heterocycles. The summed E-state index contributed by atoms with van der Waals surface area (Å²) < 4.78 is 2.76. The highest BCUT2D eigenvalue weighted by molar-refractivity contribution is 9.10. The summed E-state index contributed by atoms with van der Waals surface area (Å²) in [7, 11) is 0. The molecule has 0 aromatic carbocycles. The Morgan fingerprint density at radius 1 is 1.62 bits per heavy atom. The highest BCUT2D eigenvalue weighted by Crippen LogP contribution is 2.35. The predicted octanol–water partition coefficient (Wildman–Crippen LogP) is 2.70. The van der Waals surface area contributed by atoms with Crippen LogP contribution in [-0.4, -0.2) is 20.6 Å². The minimum Gasteiger partial charge on any atom is -0.350 e. The fourth-order valence-corrected chi connectivity index (χ4v) is 2.40. The number of fused-ring (bicyclic) bond motifs is 1. The quantitative estimate of drug-likeness (QED) is 0.940. The van der Waals surface area contributed by atoms with Crippen molar-refractivity contribution in [1.29, 1.82) is 0 Å². The molecule has 1 fully saturated rings. The van der Waals surface area contributed by atoms with E-state index < -0.39 is 0 Å². The van der Waals surface area contributed by atoms with Gasteiger partial charge in [-0.05, 0) is 40.4 Å². The van der Waals surface area contributed by atoms with Gasteiger partial charge < -0.3 is 5.32 Å². The zero-order valence-electron chi connectivity index (χ0n) is 9.02. The fourth-order valence-electron chi connectivity index (χ4n) is 1.98. The van der Waals surface area contributed by atoms with E-state index in [0.717, 1.165) is 22.0 Å². The van der Waals surface area contributed by atoms with Crippen molar-refractivity contribution < 1.29 is 0 Å². The van der Waals surface area contributed by atoms with E-state index in [-0.39, 0.29) is 0 Å². The molecule has 2 unspecified atom stereocenters. The van der Waals surface area contributed by atoms with Crippen molar-refractivity contribution in [2.24, 2.45) is 5.92 Å². The molecule has 0 aliphatic heterocycles. The van der Waals surface area contributed by atoms with Crippen LogP contribution >= 0.6 is 15.9 Å². The number of nitrogens with one attached hydrogen (secondary N) is 1. The van der Waals surface area contributed by atoms with E-state index in [2.05, 4.69) is 38.3 Å². The zero-order valence-corrected chi connectivity index (χ0v) is 10.6. The maximum absolute atomic E-state index is 4.46. The highest BCUT2D eigenvalue weighted by atomic mass is 79.9. The Labute approximate surface area is 102 Å². The number of rotatable bonds is 3. The minimum absolute atomic E-state index is 0.571. The molecule has 0 spiro atoms. The number of halogens is 1. The van der Waals surface area contributed by atoms with Gasteiger partial charge in [-0.2, -0.15) is 4.98 Å². The van der Waals surface area contributed by atoms with E-state index in [4.69, 9.17) is 0 Å². The summed E-state index contributed by atoms with van der Waals surface area (Å²) in [6.07, 6.45) is 4.38. The molecule has 16 heavy (non-hydrogen) atoms. The van der Waals surface area contributed by atoms with Crippen LogP contribution in [-0.2, 0) is 0 Å². The van der Waals surface area contributed by atoms with Crippen molar-refractivity contribution in [1.82, 2.24) is 14.6 Å². The first-order valence-corrected chi connectivity index (χ1v) is 6.34. The van der Waals surface area contributed by atoms with Gasteiger partial charge in [0.05, 0.1) is 4.47 Å². The van der Waals surface area contributed by atoms with Gasteiger partial charge in [0, 0.05) is 12.2 Å². The van der Waals surface area contributed by atoms with Gasteiger partial charge in [-0.3, -0.25) is 0 Å². The van der Waals surface area contributed by atoms with Gasteiger partial charge in [0.25, 0.3) is 0 Å². The van der Waals surface area contributed by atoms with E-state index >= 15 is 0 Å². The monoisotopic (exact) mass is 280 g/mol. The van der Waals surface area contributed by atoms with E-state index in [0.29, 0.717) is 6.04 Å². The molecule has 0 saturated heterocycles. The van der Waals surface area contributed by atoms with E-state index in [1.807, 2.05) is 18.3 Å². The molecule has 2 heterocycles. The van der Waals surface area contributed by atoms with Crippen molar-refractivity contribution in [3.8, 4) is 0 Å². The lowest BCUT2D eigenvalue weighted by molar-refractivity contribution is 0.771. The normalized spacial score (nSPS) is 23.6. The van der Waals surface area contributed by atoms with Crippen LogP contribution in [0.15, 0.2) is 22.8 Å². The summed E-state index contributed by atoms with van der Waals surface area (Å²) >= 11 is 3.47. The summed E-state index contributed by atoms with van der Waals surface area (Å²) in [5.74, 6) is 1.53. The third-order valence-electron chi connectivity index (χ3n) is 3.08. The molecule has 0 amide bonds. The topological polar surface area (TPSA) is 42.2 Å². The first-order chi connectivity index (χ1) is 7.78. The lowest BCUT2D eigenvalue weighted by atomic mass is 10.3. The summed E-state index contributed by atoms with van der Waals surface area (Å²) in [4.78, 5) is 4.46. The van der Waals surface area contributed by atoms with Gasteiger partial charge in [-0.15, -0.1) is 5.10 Å². The van der Waals surface area contributed by atoms with Crippen molar-refractivity contribution in [3.63, 3.8) is 0 Å². The number of pyridine rings is 1. The Hall–Kier alpha value is -1.10. The minimum atomic E-state index is 0.571. The van der Waals surface area contributed by atoms with Crippen LogP contribution in [0.25, 0.3) is 5.65 Å². The second kappa shape index (κ2) is 3.73. The fraction of sp³-hybridized carbons (Fsp3) is 0.455. The number of hydrogen-bond acceptors (Lipinski definition) is 3. The Balaban J connectivity index is 1.86. The van der Waals surface area contributed by atoms with Crippen LogP contribution in [0.1, 0.15) is 19.8 Å². The van der Waals surface area contributed by atoms with Crippen LogP contribution in [0.3, 0.4) is 0 Å². The largest absolute Gasteiger partial charge is 0.350 e. The van der Waals surface area contributed by atoms with E-state index in [9.17, 15) is 0 Å². The number of anilines is 1. The van der Waals surface area contributed by atoms with Crippen molar-refractivity contribution in [2.75, 3.05) is 5.32 Å². The van der Waals surface area contributed by atoms with E-state index in [1.165, 1.54) is 12.8 Å². The average molecular weight is 281 g/mol. The van der Waals surface area contributed by atoms with Gasteiger partial charge in [-0.1, -0.05) is 13.3 Å². The second-order valence-corrected chi connectivity index (χ2v) is 5.07. The first-order valence-electron chi connectivity index (χ1n) is 5.55. The van der Waals surface area contributed by atoms with Crippen LogP contribution in [0, 0.1) is 5.92 Å². The molecule has 1 saturated carbocycles. The smallest absolute Gasteiger partial charge is 0.243 e. The van der Waals surface area contributed by atoms with Gasteiger partial charge in [0.2, 0.25) is 5.95 Å². The Morgan fingerprint density at radius 3 is 3.19 bits per heavy atom. The molecule has 0 bridgehead atoms. The summed E-state index contributed by atoms with van der Waals surface area (Å²) in [5, 5.41) is 7.76. The average Bonchev–Trinajstić information content (AvgIpc) is 2.87. The molecule has 5 heteroatoms. The molecule has 2 atom stereocenters. The van der Waals surface area contributed by atoms with Gasteiger partial charge >= 0.3 is 0 Å². The predicted molar refractivity (Wildman–Crippen MR) is 66.5 cm³/mol.